The van der Waals surface area contributed by atoms with E-state index in [1.165, 1.54) is 12.1 Å². The summed E-state index contributed by atoms with van der Waals surface area (Å²) in [6.45, 7) is 2.07. The van der Waals surface area contributed by atoms with Crippen molar-refractivity contribution in [2.45, 2.75) is 6.92 Å². The van der Waals surface area contributed by atoms with Crippen LogP contribution in [0.5, 0.6) is 0 Å². The number of carbonyl (C=O) groups is 1. The molecule has 1 rings (SSSR count). The summed E-state index contributed by atoms with van der Waals surface area (Å²) in [5.74, 6) is -1.23. The Morgan fingerprint density at radius 2 is 2.39 bits per heavy atom. The van der Waals surface area contributed by atoms with Crippen molar-refractivity contribution in [3.63, 3.8) is 0 Å². The van der Waals surface area contributed by atoms with E-state index in [2.05, 4.69) is 5.32 Å². The number of nitrogens with one attached hydrogen (secondary N) is 1. The van der Waals surface area contributed by atoms with Crippen molar-refractivity contribution < 1.29 is 13.9 Å². The Morgan fingerprint density at radius 1 is 1.67 bits per heavy atom. The second kappa shape index (κ2) is 6.62. The second-order valence-electron chi connectivity index (χ2n) is 3.18. The highest BCUT2D eigenvalue weighted by Gasteiger charge is 2.10. The van der Waals surface area contributed by atoms with E-state index in [1.807, 2.05) is 0 Å². The van der Waals surface area contributed by atoms with E-state index in [-0.39, 0.29) is 10.6 Å². The summed E-state index contributed by atoms with van der Waals surface area (Å²) in [7, 11) is 0. The quantitative estimate of drug-likeness (QED) is 0.519. The molecule has 18 heavy (non-hydrogen) atoms. The molecule has 0 saturated carbocycles. The summed E-state index contributed by atoms with van der Waals surface area (Å²) in [5, 5.41) is 11.1. The van der Waals surface area contributed by atoms with Gasteiger partial charge in [0.25, 0.3) is 5.91 Å². The van der Waals surface area contributed by atoms with Gasteiger partial charge in [0.15, 0.2) is 5.57 Å². The molecule has 0 unspecified atom stereocenters. The number of anilines is 1. The number of ether oxygens (including phenoxy) is 1. The highest BCUT2D eigenvalue weighted by atomic mass is 35.5. The maximum atomic E-state index is 12.9. The molecule has 4 nitrogen and oxygen atoms in total. The minimum atomic E-state index is -0.645. The normalized spacial score (nSPS) is 10.7. The molecule has 0 aliphatic heterocycles. The fourth-order valence-corrected chi connectivity index (χ4v) is 1.25. The first kappa shape index (κ1) is 14.0. The summed E-state index contributed by atoms with van der Waals surface area (Å²) >= 11 is 5.56. The predicted molar refractivity (Wildman–Crippen MR) is 65.4 cm³/mol. The molecule has 0 bridgehead atoms. The molecule has 1 amide bonds. The summed E-state index contributed by atoms with van der Waals surface area (Å²) in [6.07, 6.45) is 1.07. The molecule has 0 atom stereocenters. The third kappa shape index (κ3) is 3.75. The second-order valence-corrected chi connectivity index (χ2v) is 3.59. The molecule has 1 N–H and O–H groups in total. The van der Waals surface area contributed by atoms with Gasteiger partial charge in [-0.2, -0.15) is 5.26 Å². The summed E-state index contributed by atoms with van der Waals surface area (Å²) < 4.78 is 17.8. The number of nitriles is 1. The van der Waals surface area contributed by atoms with E-state index in [9.17, 15) is 9.18 Å². The van der Waals surface area contributed by atoms with Gasteiger partial charge in [0.1, 0.15) is 18.1 Å². The molecule has 0 heterocycles. The fraction of sp³-hybridized carbons (Fsp3) is 0.167. The number of carbonyl (C=O) groups excluding carboxylic acids is 1. The monoisotopic (exact) mass is 268 g/mol. The standard InChI is InChI=1S/C12H10ClFN2O2/c1-2-18-7-8(6-15)12(17)16-9-3-4-11(14)10(13)5-9/h3-5,7H,2H2,1H3,(H,16,17)/b8-7+. The Kier molecular flexibility index (Phi) is 5.15. The van der Waals surface area contributed by atoms with E-state index < -0.39 is 11.7 Å². The van der Waals surface area contributed by atoms with E-state index in [1.54, 1.807) is 13.0 Å². The van der Waals surface area contributed by atoms with Gasteiger partial charge in [0.05, 0.1) is 11.6 Å². The molecule has 1 aromatic rings. The van der Waals surface area contributed by atoms with Crippen LogP contribution in [0, 0.1) is 17.1 Å². The highest BCUT2D eigenvalue weighted by Crippen LogP contribution is 2.19. The topological polar surface area (TPSA) is 62.1 Å². The van der Waals surface area contributed by atoms with Crippen molar-refractivity contribution in [1.82, 2.24) is 0 Å². The number of benzene rings is 1. The van der Waals surface area contributed by atoms with Crippen LogP contribution in [-0.2, 0) is 9.53 Å². The Balaban J connectivity index is 2.81. The first-order chi connectivity index (χ1) is 8.58. The van der Waals surface area contributed by atoms with Gasteiger partial charge in [-0.3, -0.25) is 4.79 Å². The minimum Gasteiger partial charge on any atom is -0.500 e. The Labute approximate surface area is 109 Å². The van der Waals surface area contributed by atoms with Crippen LogP contribution in [0.4, 0.5) is 10.1 Å². The van der Waals surface area contributed by atoms with Gasteiger partial charge in [-0.05, 0) is 25.1 Å². The van der Waals surface area contributed by atoms with Crippen LogP contribution >= 0.6 is 11.6 Å². The van der Waals surface area contributed by atoms with Gasteiger partial charge in [-0.15, -0.1) is 0 Å². The Hall–Kier alpha value is -2.06. The molecular formula is C12H10ClFN2O2. The number of halogens is 2. The van der Waals surface area contributed by atoms with Gasteiger partial charge in [0, 0.05) is 5.69 Å². The van der Waals surface area contributed by atoms with Crippen LogP contribution < -0.4 is 5.32 Å². The molecule has 0 fully saturated rings. The zero-order chi connectivity index (χ0) is 13.5. The average molecular weight is 269 g/mol. The lowest BCUT2D eigenvalue weighted by Crippen LogP contribution is -2.14. The van der Waals surface area contributed by atoms with Crippen LogP contribution in [0.3, 0.4) is 0 Å². The van der Waals surface area contributed by atoms with Crippen molar-refractivity contribution >= 4 is 23.2 Å². The van der Waals surface area contributed by atoms with E-state index in [0.717, 1.165) is 12.3 Å². The lowest BCUT2D eigenvalue weighted by atomic mass is 10.2. The van der Waals surface area contributed by atoms with Crippen molar-refractivity contribution in [3.8, 4) is 6.07 Å². The molecule has 0 aromatic heterocycles. The number of hydrogen-bond acceptors (Lipinski definition) is 3. The van der Waals surface area contributed by atoms with Crippen LogP contribution in [0.1, 0.15) is 6.92 Å². The van der Waals surface area contributed by atoms with Gasteiger partial charge >= 0.3 is 0 Å². The molecular weight excluding hydrogens is 259 g/mol. The first-order valence-electron chi connectivity index (χ1n) is 5.06. The van der Waals surface area contributed by atoms with Gasteiger partial charge < -0.3 is 10.1 Å². The zero-order valence-electron chi connectivity index (χ0n) is 9.54. The van der Waals surface area contributed by atoms with Gasteiger partial charge in [-0.25, -0.2) is 4.39 Å². The number of amides is 1. The van der Waals surface area contributed by atoms with Crippen LogP contribution in [0.2, 0.25) is 5.02 Å². The van der Waals surface area contributed by atoms with Crippen LogP contribution in [0.15, 0.2) is 30.0 Å². The minimum absolute atomic E-state index is 0.111. The lowest BCUT2D eigenvalue weighted by molar-refractivity contribution is -0.112. The third-order valence-corrected chi connectivity index (χ3v) is 2.20. The smallest absolute Gasteiger partial charge is 0.269 e. The van der Waals surface area contributed by atoms with Crippen molar-refractivity contribution in [3.05, 3.63) is 40.9 Å². The molecule has 1 aromatic carbocycles. The SMILES string of the molecule is CCO/C=C(\C#N)C(=O)Nc1ccc(F)c(Cl)c1. The lowest BCUT2D eigenvalue weighted by Gasteiger charge is -2.05. The Bertz CT molecular complexity index is 523. The molecule has 94 valence electrons. The third-order valence-electron chi connectivity index (χ3n) is 1.91. The van der Waals surface area contributed by atoms with E-state index in [4.69, 9.17) is 21.6 Å². The molecule has 0 spiro atoms. The van der Waals surface area contributed by atoms with Crippen molar-refractivity contribution in [2.24, 2.45) is 0 Å². The number of nitrogens with zero attached hydrogens (tertiary/aromatic N) is 1. The molecule has 0 radical (unpaired) electrons. The van der Waals surface area contributed by atoms with Gasteiger partial charge in [-0.1, -0.05) is 11.6 Å². The van der Waals surface area contributed by atoms with Crippen LogP contribution in [0.25, 0.3) is 0 Å². The number of rotatable bonds is 4. The predicted octanol–water partition coefficient (Wildman–Crippen LogP) is 2.86. The summed E-state index contributed by atoms with van der Waals surface area (Å²) in [6, 6.07) is 5.42. The molecule has 0 aliphatic rings. The number of hydrogen-bond donors (Lipinski definition) is 1. The molecule has 6 heteroatoms. The largest absolute Gasteiger partial charge is 0.500 e. The molecule has 0 saturated heterocycles. The maximum absolute atomic E-state index is 12.9. The maximum Gasteiger partial charge on any atom is 0.269 e. The highest BCUT2D eigenvalue weighted by molar-refractivity contribution is 6.31. The van der Waals surface area contributed by atoms with Crippen LogP contribution in [-0.4, -0.2) is 12.5 Å². The first-order valence-corrected chi connectivity index (χ1v) is 5.44. The zero-order valence-corrected chi connectivity index (χ0v) is 10.3. The summed E-state index contributed by atoms with van der Waals surface area (Å²) in [4.78, 5) is 11.6. The Morgan fingerprint density at radius 3 is 2.94 bits per heavy atom. The van der Waals surface area contributed by atoms with E-state index in [0.29, 0.717) is 12.3 Å². The molecule has 0 aliphatic carbocycles. The van der Waals surface area contributed by atoms with Gasteiger partial charge in [0.2, 0.25) is 0 Å². The fourth-order valence-electron chi connectivity index (χ4n) is 1.07. The summed E-state index contributed by atoms with van der Waals surface area (Å²) in [5.41, 5.74) is 0.112. The van der Waals surface area contributed by atoms with Crippen molar-refractivity contribution in [1.29, 1.82) is 5.26 Å². The average Bonchev–Trinajstić information content (AvgIpc) is 2.35. The van der Waals surface area contributed by atoms with Crippen molar-refractivity contribution in [2.75, 3.05) is 11.9 Å². The van der Waals surface area contributed by atoms with E-state index >= 15 is 0 Å².